The first-order chi connectivity index (χ1) is 14.1. The zero-order valence-electron chi connectivity index (χ0n) is 16.9. The van der Waals surface area contributed by atoms with Crippen LogP contribution in [-0.2, 0) is 4.79 Å². The molecule has 2 aromatic rings. The summed E-state index contributed by atoms with van der Waals surface area (Å²) in [5, 5.41) is 5.74. The summed E-state index contributed by atoms with van der Waals surface area (Å²) in [6.45, 7) is 8.05. The maximum absolute atomic E-state index is 12.5. The summed E-state index contributed by atoms with van der Waals surface area (Å²) in [4.78, 5) is 26.2. The van der Waals surface area contributed by atoms with Crippen molar-refractivity contribution in [1.82, 2.24) is 5.32 Å². The maximum atomic E-state index is 12.5. The van der Waals surface area contributed by atoms with Crippen LogP contribution in [0.25, 0.3) is 0 Å². The van der Waals surface area contributed by atoms with Crippen molar-refractivity contribution in [2.24, 2.45) is 0 Å². The number of rotatable bonds is 8. The Morgan fingerprint density at radius 2 is 1.72 bits per heavy atom. The number of para-hydroxylation sites is 2. The van der Waals surface area contributed by atoms with Crippen LogP contribution in [0.2, 0.25) is 0 Å². The van der Waals surface area contributed by atoms with E-state index in [4.69, 9.17) is 9.47 Å². The summed E-state index contributed by atoms with van der Waals surface area (Å²) in [6, 6.07) is 14.1. The molecule has 2 aromatic carbocycles. The minimum Gasteiger partial charge on any atom is -0.485 e. The Kier molecular flexibility index (Phi) is 7.08. The normalized spacial score (nSPS) is 15.1. The molecule has 1 atom stereocenters. The summed E-state index contributed by atoms with van der Waals surface area (Å²) in [6.07, 6.45) is -0.726. The first kappa shape index (κ1) is 20.7. The summed E-state index contributed by atoms with van der Waals surface area (Å²) in [5.74, 6) is 0.779. The molecule has 1 aliphatic rings. The molecule has 0 bridgehead atoms. The average Bonchev–Trinajstić information content (AvgIpc) is 2.76. The van der Waals surface area contributed by atoms with Gasteiger partial charge in [0.15, 0.2) is 11.5 Å². The van der Waals surface area contributed by atoms with Gasteiger partial charge in [0.2, 0.25) is 6.10 Å². The van der Waals surface area contributed by atoms with Gasteiger partial charge in [-0.2, -0.15) is 0 Å². The highest BCUT2D eigenvalue weighted by molar-refractivity contribution is 5.97. The van der Waals surface area contributed by atoms with Crippen LogP contribution in [-0.4, -0.2) is 50.7 Å². The highest BCUT2D eigenvalue weighted by atomic mass is 16.6. The molecule has 1 heterocycles. The molecule has 0 fully saturated rings. The average molecular weight is 398 g/mol. The molecule has 3 N–H and O–H groups in total. The SMILES string of the molecule is CC[NH+](CC)CCNC(=O)c1ccc(NC(=O)[C@H]2COc3ccccc3O2)cc1. The molecule has 0 saturated heterocycles. The van der Waals surface area contributed by atoms with Gasteiger partial charge >= 0.3 is 0 Å². The van der Waals surface area contributed by atoms with E-state index in [-0.39, 0.29) is 18.4 Å². The molecule has 0 aliphatic carbocycles. The first-order valence-corrected chi connectivity index (χ1v) is 10.0. The van der Waals surface area contributed by atoms with Gasteiger partial charge in [0.25, 0.3) is 11.8 Å². The van der Waals surface area contributed by atoms with E-state index in [1.807, 2.05) is 12.1 Å². The minimum absolute atomic E-state index is 0.116. The number of hydrogen-bond acceptors (Lipinski definition) is 4. The second kappa shape index (κ2) is 9.93. The molecule has 0 radical (unpaired) electrons. The second-order valence-electron chi connectivity index (χ2n) is 6.89. The summed E-state index contributed by atoms with van der Waals surface area (Å²) >= 11 is 0. The molecule has 0 saturated carbocycles. The number of ether oxygens (including phenoxy) is 2. The fourth-order valence-corrected chi connectivity index (χ4v) is 3.13. The Morgan fingerprint density at radius 3 is 2.41 bits per heavy atom. The lowest BCUT2D eigenvalue weighted by Gasteiger charge is -2.25. The lowest BCUT2D eigenvalue weighted by Crippen LogP contribution is -3.12. The molecular formula is C22H28N3O4+. The molecule has 7 heteroatoms. The third-order valence-corrected chi connectivity index (χ3v) is 4.98. The van der Waals surface area contributed by atoms with E-state index in [1.165, 1.54) is 4.90 Å². The zero-order chi connectivity index (χ0) is 20.6. The molecule has 0 spiro atoms. The highest BCUT2D eigenvalue weighted by Gasteiger charge is 2.27. The van der Waals surface area contributed by atoms with Gasteiger partial charge in [-0.1, -0.05) is 12.1 Å². The Labute approximate surface area is 171 Å². The third kappa shape index (κ3) is 5.48. The zero-order valence-corrected chi connectivity index (χ0v) is 16.9. The van der Waals surface area contributed by atoms with Crippen LogP contribution in [0.3, 0.4) is 0 Å². The van der Waals surface area contributed by atoms with E-state index in [1.54, 1.807) is 36.4 Å². The third-order valence-electron chi connectivity index (χ3n) is 4.98. The minimum atomic E-state index is -0.726. The number of carbonyl (C=O) groups is 2. The van der Waals surface area contributed by atoms with Crippen molar-refractivity contribution in [1.29, 1.82) is 0 Å². The fraction of sp³-hybridized carbons (Fsp3) is 0.364. The van der Waals surface area contributed by atoms with Crippen molar-refractivity contribution in [3.63, 3.8) is 0 Å². The van der Waals surface area contributed by atoms with Crippen LogP contribution in [0.1, 0.15) is 24.2 Å². The molecule has 29 heavy (non-hydrogen) atoms. The Hall–Kier alpha value is -3.06. The molecule has 154 valence electrons. The molecule has 0 aromatic heterocycles. The summed E-state index contributed by atoms with van der Waals surface area (Å²) in [5.41, 5.74) is 1.16. The monoisotopic (exact) mass is 398 g/mol. The Bertz CT molecular complexity index is 834. The van der Waals surface area contributed by atoms with Gasteiger partial charge < -0.3 is 25.0 Å². The van der Waals surface area contributed by atoms with E-state index < -0.39 is 6.10 Å². The van der Waals surface area contributed by atoms with Crippen LogP contribution in [0.15, 0.2) is 48.5 Å². The topological polar surface area (TPSA) is 81.1 Å². The fourth-order valence-electron chi connectivity index (χ4n) is 3.13. The lowest BCUT2D eigenvalue weighted by molar-refractivity contribution is -0.895. The standard InChI is InChI=1S/C22H27N3O4/c1-3-25(4-2)14-13-23-21(26)16-9-11-17(12-10-16)24-22(27)20-15-28-18-7-5-6-8-19(18)29-20/h5-12,20H,3-4,13-15H2,1-2H3,(H,23,26)(H,24,27)/p+1/t20-/m1/s1. The maximum Gasteiger partial charge on any atom is 0.269 e. The van der Waals surface area contributed by atoms with Gasteiger partial charge in [0, 0.05) is 11.3 Å². The molecule has 0 unspecified atom stereocenters. The Morgan fingerprint density at radius 1 is 1.03 bits per heavy atom. The number of carbonyl (C=O) groups excluding carboxylic acids is 2. The second-order valence-corrected chi connectivity index (χ2v) is 6.89. The van der Waals surface area contributed by atoms with E-state index in [0.717, 1.165) is 19.6 Å². The number of nitrogens with one attached hydrogen (secondary N) is 3. The smallest absolute Gasteiger partial charge is 0.269 e. The van der Waals surface area contributed by atoms with Crippen LogP contribution in [0, 0.1) is 0 Å². The van der Waals surface area contributed by atoms with Gasteiger partial charge in [0.05, 0.1) is 26.2 Å². The Balaban J connectivity index is 1.50. The molecule has 3 rings (SSSR count). The predicted octanol–water partition coefficient (Wildman–Crippen LogP) is 1.12. The number of hydrogen-bond donors (Lipinski definition) is 3. The molecule has 1 aliphatic heterocycles. The quantitative estimate of drug-likeness (QED) is 0.623. The summed E-state index contributed by atoms with van der Waals surface area (Å²) in [7, 11) is 0. The van der Waals surface area contributed by atoms with Gasteiger partial charge in [0.1, 0.15) is 6.61 Å². The van der Waals surface area contributed by atoms with Crippen LogP contribution in [0.4, 0.5) is 5.69 Å². The van der Waals surface area contributed by atoms with Gasteiger partial charge in [-0.05, 0) is 50.2 Å². The van der Waals surface area contributed by atoms with E-state index in [9.17, 15) is 9.59 Å². The lowest BCUT2D eigenvalue weighted by atomic mass is 10.2. The number of benzene rings is 2. The largest absolute Gasteiger partial charge is 0.485 e. The van der Waals surface area contributed by atoms with Crippen molar-refractivity contribution < 1.29 is 24.0 Å². The van der Waals surface area contributed by atoms with Crippen molar-refractivity contribution in [3.05, 3.63) is 54.1 Å². The molecular weight excluding hydrogens is 370 g/mol. The van der Waals surface area contributed by atoms with Crippen molar-refractivity contribution in [2.45, 2.75) is 20.0 Å². The highest BCUT2D eigenvalue weighted by Crippen LogP contribution is 2.31. The molecule has 2 amide bonds. The van der Waals surface area contributed by atoms with Crippen molar-refractivity contribution in [3.8, 4) is 11.5 Å². The van der Waals surface area contributed by atoms with Gasteiger partial charge in [-0.25, -0.2) is 0 Å². The van der Waals surface area contributed by atoms with Crippen LogP contribution < -0.4 is 25.0 Å². The number of amides is 2. The first-order valence-electron chi connectivity index (χ1n) is 10.0. The number of quaternary nitrogens is 1. The van der Waals surface area contributed by atoms with Crippen LogP contribution in [0.5, 0.6) is 11.5 Å². The van der Waals surface area contributed by atoms with Gasteiger partial charge in [-0.3, -0.25) is 9.59 Å². The number of anilines is 1. The van der Waals surface area contributed by atoms with E-state index >= 15 is 0 Å². The van der Waals surface area contributed by atoms with Crippen molar-refractivity contribution >= 4 is 17.5 Å². The van der Waals surface area contributed by atoms with Gasteiger partial charge in [-0.15, -0.1) is 0 Å². The summed E-state index contributed by atoms with van der Waals surface area (Å²) < 4.78 is 11.3. The van der Waals surface area contributed by atoms with Crippen LogP contribution >= 0.6 is 0 Å². The van der Waals surface area contributed by atoms with Crippen molar-refractivity contribution in [2.75, 3.05) is 38.1 Å². The predicted molar refractivity (Wildman–Crippen MR) is 111 cm³/mol. The molecule has 7 nitrogen and oxygen atoms in total. The van der Waals surface area contributed by atoms with E-state index in [0.29, 0.717) is 29.3 Å². The number of fused-ring (bicyclic) bond motifs is 1. The number of likely N-dealkylation sites (N-methyl/N-ethyl adjacent to an activating group) is 1. The van der Waals surface area contributed by atoms with E-state index in [2.05, 4.69) is 24.5 Å².